The molecule has 0 saturated carbocycles. The molecule has 7 nitrogen and oxygen atoms in total. The van der Waals surface area contributed by atoms with Crippen LogP contribution in [-0.4, -0.2) is 40.4 Å². The molecule has 2 aliphatic rings. The number of ether oxygens (including phenoxy) is 1. The van der Waals surface area contributed by atoms with E-state index >= 15 is 0 Å². The average molecular weight is 391 g/mol. The minimum Gasteiger partial charge on any atom is -0.460 e. The van der Waals surface area contributed by atoms with E-state index in [-0.39, 0.29) is 23.7 Å². The second-order valence-electron chi connectivity index (χ2n) is 6.92. The zero-order valence-corrected chi connectivity index (χ0v) is 16.8. The minimum atomic E-state index is -0.485. The maximum atomic E-state index is 13.0. The van der Waals surface area contributed by atoms with Gasteiger partial charge in [0.25, 0.3) is 0 Å². The molecule has 0 spiro atoms. The molecule has 0 bridgehead atoms. The normalized spacial score (nSPS) is 27.7. The fraction of sp³-hybridized carbons (Fsp3) is 0.526. The van der Waals surface area contributed by atoms with Gasteiger partial charge in [-0.25, -0.2) is 4.79 Å². The summed E-state index contributed by atoms with van der Waals surface area (Å²) >= 11 is 1.62. The van der Waals surface area contributed by atoms with Crippen LogP contribution in [0.15, 0.2) is 35.8 Å². The van der Waals surface area contributed by atoms with E-state index in [0.29, 0.717) is 5.57 Å². The second kappa shape index (κ2) is 8.31. The summed E-state index contributed by atoms with van der Waals surface area (Å²) in [7, 11) is 0. The van der Waals surface area contributed by atoms with Crippen LogP contribution in [0.25, 0.3) is 0 Å². The molecule has 3 N–H and O–H groups in total. The van der Waals surface area contributed by atoms with Crippen molar-refractivity contribution in [1.29, 1.82) is 0 Å². The molecular weight excluding hydrogens is 364 g/mol. The summed E-state index contributed by atoms with van der Waals surface area (Å²) in [6.45, 7) is 7.52. The summed E-state index contributed by atoms with van der Waals surface area (Å²) in [6.07, 6.45) is 2.87. The van der Waals surface area contributed by atoms with Crippen molar-refractivity contribution in [3.8, 4) is 0 Å². The Kier molecular flexibility index (Phi) is 6.06. The van der Waals surface area contributed by atoms with E-state index in [1.54, 1.807) is 24.2 Å². The molecule has 1 fully saturated rings. The molecule has 8 heteroatoms. The molecule has 1 amide bonds. The minimum absolute atomic E-state index is 0.0894. The first kappa shape index (κ1) is 19.7. The van der Waals surface area contributed by atoms with E-state index in [4.69, 9.17) is 4.74 Å². The lowest BCUT2D eigenvalue weighted by molar-refractivity contribution is -0.143. The molecular formula is C19H26N4O3S. The van der Waals surface area contributed by atoms with Gasteiger partial charge in [-0.1, -0.05) is 13.0 Å². The monoisotopic (exact) mass is 390 g/mol. The Morgan fingerprint density at radius 2 is 2.15 bits per heavy atom. The number of carbonyl (C=O) groups is 2. The Balaban J connectivity index is 2.03. The summed E-state index contributed by atoms with van der Waals surface area (Å²) in [5.41, 5.74) is 1.86. The van der Waals surface area contributed by atoms with Gasteiger partial charge in [0, 0.05) is 24.0 Å². The molecule has 4 atom stereocenters. The molecule has 4 unspecified atom stereocenters. The molecule has 1 aromatic rings. The number of carbonyl (C=O) groups excluding carboxylic acids is 2. The smallest absolute Gasteiger partial charge is 0.336 e. The molecule has 0 radical (unpaired) electrons. The first-order valence-electron chi connectivity index (χ1n) is 9.18. The Hall–Kier alpha value is -2.06. The van der Waals surface area contributed by atoms with Crippen molar-refractivity contribution in [3.63, 3.8) is 0 Å². The van der Waals surface area contributed by atoms with Crippen LogP contribution < -0.4 is 16.0 Å². The highest BCUT2D eigenvalue weighted by molar-refractivity contribution is 7.99. The maximum Gasteiger partial charge on any atom is 0.336 e. The van der Waals surface area contributed by atoms with Gasteiger partial charge >= 0.3 is 5.97 Å². The van der Waals surface area contributed by atoms with Crippen molar-refractivity contribution < 1.29 is 14.3 Å². The van der Waals surface area contributed by atoms with Crippen molar-refractivity contribution in [1.82, 2.24) is 20.9 Å². The van der Waals surface area contributed by atoms with Crippen LogP contribution in [0.4, 0.5) is 0 Å². The van der Waals surface area contributed by atoms with Crippen LogP contribution in [0.1, 0.15) is 39.2 Å². The summed E-state index contributed by atoms with van der Waals surface area (Å²) in [4.78, 5) is 30.0. The Bertz CT molecular complexity index is 738. The van der Waals surface area contributed by atoms with E-state index in [1.165, 1.54) is 0 Å². The van der Waals surface area contributed by atoms with Gasteiger partial charge in [-0.3, -0.25) is 15.1 Å². The van der Waals surface area contributed by atoms with Crippen LogP contribution in [0.2, 0.25) is 0 Å². The quantitative estimate of drug-likeness (QED) is 0.659. The van der Waals surface area contributed by atoms with Crippen molar-refractivity contribution in [3.05, 3.63) is 41.4 Å². The van der Waals surface area contributed by atoms with E-state index in [0.717, 1.165) is 17.0 Å². The number of esters is 1. The van der Waals surface area contributed by atoms with Gasteiger partial charge in [0.05, 0.1) is 23.8 Å². The zero-order chi connectivity index (χ0) is 19.6. The maximum absolute atomic E-state index is 13.0. The van der Waals surface area contributed by atoms with Crippen molar-refractivity contribution in [2.45, 2.75) is 51.4 Å². The van der Waals surface area contributed by atoms with Crippen LogP contribution in [-0.2, 0) is 14.3 Å². The third kappa shape index (κ3) is 4.11. The Morgan fingerprint density at radius 1 is 1.37 bits per heavy atom. The molecule has 0 aliphatic carbocycles. The van der Waals surface area contributed by atoms with Gasteiger partial charge in [-0.05, 0) is 38.2 Å². The lowest BCUT2D eigenvalue weighted by atomic mass is 9.75. The Labute approximate surface area is 163 Å². The first-order valence-corrected chi connectivity index (χ1v) is 10.2. The summed E-state index contributed by atoms with van der Waals surface area (Å²) < 4.78 is 5.47. The molecule has 0 aromatic carbocycles. The number of pyridine rings is 1. The molecule has 3 heterocycles. The third-order valence-corrected chi connectivity index (χ3v) is 5.57. The van der Waals surface area contributed by atoms with Crippen molar-refractivity contribution in [2.24, 2.45) is 5.92 Å². The number of hydrogen-bond donors (Lipinski definition) is 3. The number of rotatable bonds is 5. The third-order valence-electron chi connectivity index (χ3n) is 4.65. The van der Waals surface area contributed by atoms with Gasteiger partial charge in [0.15, 0.2) is 0 Å². The standard InChI is InChI=1S/C19H26N4O3S/c1-5-27-19-22-16-15(17(24)23-19)14(12-7-6-8-20-9-12)13(11(4)21-16)18(25)26-10(2)3/h6-10,14-16,19,21-22H,5H2,1-4H3,(H,23,24). The number of fused-ring (bicyclic) bond motifs is 1. The summed E-state index contributed by atoms with van der Waals surface area (Å²) in [5, 5.41) is 9.75. The zero-order valence-electron chi connectivity index (χ0n) is 16.0. The Morgan fingerprint density at radius 3 is 2.78 bits per heavy atom. The molecule has 146 valence electrons. The van der Waals surface area contributed by atoms with Gasteiger partial charge in [-0.15, -0.1) is 11.8 Å². The van der Waals surface area contributed by atoms with Gasteiger partial charge in [-0.2, -0.15) is 0 Å². The molecule has 1 aromatic heterocycles. The van der Waals surface area contributed by atoms with Crippen LogP contribution in [0.3, 0.4) is 0 Å². The largest absolute Gasteiger partial charge is 0.460 e. The SMILES string of the molecule is CCSC1NC(=O)C2C(NC(C)=C(C(=O)OC(C)C)C2c2cccnc2)N1. The predicted octanol–water partition coefficient (Wildman–Crippen LogP) is 1.69. The fourth-order valence-electron chi connectivity index (χ4n) is 3.63. The predicted molar refractivity (Wildman–Crippen MR) is 105 cm³/mol. The number of nitrogens with one attached hydrogen (secondary N) is 3. The summed E-state index contributed by atoms with van der Waals surface area (Å²) in [6, 6.07) is 3.72. The van der Waals surface area contributed by atoms with Crippen molar-refractivity contribution in [2.75, 3.05) is 5.75 Å². The van der Waals surface area contributed by atoms with Crippen LogP contribution in [0.5, 0.6) is 0 Å². The highest BCUT2D eigenvalue weighted by atomic mass is 32.2. The average Bonchev–Trinajstić information content (AvgIpc) is 2.60. The number of allylic oxidation sites excluding steroid dienone is 1. The number of nitrogens with zero attached hydrogens (tertiary/aromatic N) is 1. The van der Waals surface area contributed by atoms with E-state index in [1.807, 2.05) is 39.8 Å². The van der Waals surface area contributed by atoms with E-state index in [2.05, 4.69) is 20.9 Å². The highest BCUT2D eigenvalue weighted by Crippen LogP contribution is 2.40. The first-order chi connectivity index (χ1) is 12.9. The summed E-state index contributed by atoms with van der Waals surface area (Å²) in [5.74, 6) is -0.534. The van der Waals surface area contributed by atoms with Crippen LogP contribution >= 0.6 is 11.8 Å². The van der Waals surface area contributed by atoms with Gasteiger partial charge in [0.2, 0.25) is 5.91 Å². The second-order valence-corrected chi connectivity index (χ2v) is 8.30. The highest BCUT2D eigenvalue weighted by Gasteiger charge is 2.48. The topological polar surface area (TPSA) is 92.4 Å². The van der Waals surface area contributed by atoms with Gasteiger partial charge in [0.1, 0.15) is 5.50 Å². The molecule has 3 rings (SSSR count). The van der Waals surface area contributed by atoms with E-state index in [9.17, 15) is 9.59 Å². The number of amides is 1. The fourth-order valence-corrected chi connectivity index (χ4v) is 4.41. The molecule has 2 aliphatic heterocycles. The number of aromatic nitrogens is 1. The number of thioether (sulfide) groups is 1. The molecule has 1 saturated heterocycles. The lowest BCUT2D eigenvalue weighted by Crippen LogP contribution is -2.67. The lowest BCUT2D eigenvalue weighted by Gasteiger charge is -2.45. The van der Waals surface area contributed by atoms with Gasteiger partial charge < -0.3 is 15.4 Å². The van der Waals surface area contributed by atoms with Crippen molar-refractivity contribution >= 4 is 23.6 Å². The number of hydrogen-bond acceptors (Lipinski definition) is 7. The molecule has 27 heavy (non-hydrogen) atoms. The van der Waals surface area contributed by atoms with Crippen LogP contribution in [0, 0.1) is 5.92 Å². The van der Waals surface area contributed by atoms with E-state index < -0.39 is 17.8 Å².